The number of thiazole rings is 1. The Hall–Kier alpha value is -2.86. The summed E-state index contributed by atoms with van der Waals surface area (Å²) < 4.78 is 28.6. The summed E-state index contributed by atoms with van der Waals surface area (Å²) in [6.45, 7) is 1.84. The average Bonchev–Trinajstić information content (AvgIpc) is 2.86. The van der Waals surface area contributed by atoms with Gasteiger partial charge in [-0.1, -0.05) is 30.3 Å². The van der Waals surface area contributed by atoms with Crippen LogP contribution in [0.25, 0.3) is 12.2 Å². The quantitative estimate of drug-likeness (QED) is 0.664. The van der Waals surface area contributed by atoms with Crippen LogP contribution in [0.1, 0.15) is 21.5 Å². The second-order valence-corrected chi connectivity index (χ2v) is 6.87. The highest BCUT2D eigenvalue weighted by Crippen LogP contribution is 2.09. The molecule has 26 heavy (non-hydrogen) atoms. The first kappa shape index (κ1) is 17.9. The number of aromatic nitrogens is 1. The molecule has 0 aliphatic carbocycles. The van der Waals surface area contributed by atoms with Crippen molar-refractivity contribution in [2.24, 2.45) is 7.05 Å². The number of hydrogen-bond acceptors (Lipinski definition) is 3. The molecular formula is C20H15F2NO2S. The second kappa shape index (κ2) is 7.17. The Morgan fingerprint density at radius 1 is 1.12 bits per heavy atom. The van der Waals surface area contributed by atoms with Gasteiger partial charge in [-0.2, -0.15) is 0 Å². The number of benzene rings is 2. The highest BCUT2D eigenvalue weighted by molar-refractivity contribution is 7.07. The van der Waals surface area contributed by atoms with Gasteiger partial charge in [0.1, 0.15) is 4.66 Å². The fourth-order valence-electron chi connectivity index (χ4n) is 2.50. The van der Waals surface area contributed by atoms with E-state index in [0.29, 0.717) is 20.3 Å². The summed E-state index contributed by atoms with van der Waals surface area (Å²) in [5.74, 6) is -2.12. The molecule has 3 nitrogen and oxygen atoms in total. The fourth-order valence-corrected chi connectivity index (χ4v) is 3.53. The van der Waals surface area contributed by atoms with Crippen molar-refractivity contribution in [3.05, 3.63) is 90.3 Å². The first-order valence-electron chi connectivity index (χ1n) is 7.81. The third kappa shape index (κ3) is 3.55. The van der Waals surface area contributed by atoms with Crippen LogP contribution in [0.4, 0.5) is 8.78 Å². The van der Waals surface area contributed by atoms with Crippen LogP contribution < -0.4 is 14.8 Å². The van der Waals surface area contributed by atoms with Crippen LogP contribution in [0.3, 0.4) is 0 Å². The number of carbonyl (C=O) groups is 1. The monoisotopic (exact) mass is 371 g/mol. The second-order valence-electron chi connectivity index (χ2n) is 5.81. The zero-order chi connectivity index (χ0) is 18.8. The number of ketones is 1. The van der Waals surface area contributed by atoms with Crippen LogP contribution in [0, 0.1) is 18.6 Å². The maximum absolute atomic E-state index is 13.3. The number of halogens is 2. The summed E-state index contributed by atoms with van der Waals surface area (Å²) in [5, 5.41) is 0. The minimum absolute atomic E-state index is 0.195. The molecule has 0 aliphatic heterocycles. The maximum Gasteiger partial charge on any atom is 0.268 e. The van der Waals surface area contributed by atoms with Gasteiger partial charge in [0.25, 0.3) is 5.56 Å². The molecule has 1 heterocycles. The SMILES string of the molecule is Cc1ccccc1C(=O)/C=c1\s/c(=C\c2ccc(F)c(F)c2)c(=O)n1C. The molecule has 0 bridgehead atoms. The topological polar surface area (TPSA) is 39.1 Å². The van der Waals surface area contributed by atoms with Crippen molar-refractivity contribution < 1.29 is 13.6 Å². The van der Waals surface area contributed by atoms with Gasteiger partial charge in [-0.25, -0.2) is 8.78 Å². The van der Waals surface area contributed by atoms with E-state index in [2.05, 4.69) is 0 Å². The van der Waals surface area contributed by atoms with Crippen molar-refractivity contribution in [1.82, 2.24) is 4.57 Å². The molecule has 3 rings (SSSR count). The predicted octanol–water partition coefficient (Wildman–Crippen LogP) is 2.53. The van der Waals surface area contributed by atoms with Gasteiger partial charge in [0, 0.05) is 18.7 Å². The van der Waals surface area contributed by atoms with E-state index >= 15 is 0 Å². The predicted molar refractivity (Wildman–Crippen MR) is 98.7 cm³/mol. The number of rotatable bonds is 3. The van der Waals surface area contributed by atoms with E-state index in [-0.39, 0.29) is 11.3 Å². The number of hydrogen-bond donors (Lipinski definition) is 0. The molecule has 0 atom stereocenters. The largest absolute Gasteiger partial charge is 0.302 e. The summed E-state index contributed by atoms with van der Waals surface area (Å²) in [6, 6.07) is 10.6. The Balaban J connectivity index is 2.09. The lowest BCUT2D eigenvalue weighted by molar-refractivity contribution is 0.106. The number of Topliss-reactive ketones (excluding diaryl/α,β-unsaturated/α-hetero) is 1. The molecule has 2 aromatic carbocycles. The summed E-state index contributed by atoms with van der Waals surface area (Å²) in [6.07, 6.45) is 2.89. The molecule has 0 fully saturated rings. The molecule has 0 radical (unpaired) electrons. The summed E-state index contributed by atoms with van der Waals surface area (Å²) >= 11 is 1.12. The van der Waals surface area contributed by atoms with Crippen LogP contribution >= 0.6 is 11.3 Å². The van der Waals surface area contributed by atoms with Gasteiger partial charge in [-0.3, -0.25) is 9.59 Å². The summed E-state index contributed by atoms with van der Waals surface area (Å²) in [7, 11) is 1.57. The van der Waals surface area contributed by atoms with Crippen molar-refractivity contribution in [1.29, 1.82) is 0 Å². The Kier molecular flexibility index (Phi) is 4.95. The zero-order valence-electron chi connectivity index (χ0n) is 14.1. The van der Waals surface area contributed by atoms with Crippen molar-refractivity contribution in [3.63, 3.8) is 0 Å². The van der Waals surface area contributed by atoms with E-state index < -0.39 is 11.6 Å². The molecule has 1 aromatic heterocycles. The summed E-state index contributed by atoms with van der Waals surface area (Å²) in [4.78, 5) is 24.9. The molecule has 6 heteroatoms. The first-order chi connectivity index (χ1) is 12.4. The van der Waals surface area contributed by atoms with E-state index in [1.54, 1.807) is 19.2 Å². The Labute approximate surface area is 152 Å². The van der Waals surface area contributed by atoms with Crippen molar-refractivity contribution >= 4 is 29.3 Å². The molecule has 132 valence electrons. The minimum Gasteiger partial charge on any atom is -0.302 e. The molecule has 0 amide bonds. The fraction of sp³-hybridized carbons (Fsp3) is 0.100. The van der Waals surface area contributed by atoms with Crippen LogP contribution in [0.2, 0.25) is 0 Å². The van der Waals surface area contributed by atoms with E-state index in [1.165, 1.54) is 22.8 Å². The van der Waals surface area contributed by atoms with Gasteiger partial charge in [0.05, 0.1) is 4.53 Å². The zero-order valence-corrected chi connectivity index (χ0v) is 14.9. The lowest BCUT2D eigenvalue weighted by Gasteiger charge is -1.99. The van der Waals surface area contributed by atoms with Crippen LogP contribution in [0.5, 0.6) is 0 Å². The Morgan fingerprint density at radius 2 is 1.85 bits per heavy atom. The maximum atomic E-state index is 13.3. The standard InChI is InChI=1S/C20H15F2NO2S/c1-12-5-3-4-6-14(12)17(24)11-19-23(2)20(25)18(26-19)10-13-7-8-15(21)16(22)9-13/h3-11H,1-2H3/b18-10-,19-11-. The van der Waals surface area contributed by atoms with Gasteiger partial charge >= 0.3 is 0 Å². The molecule has 0 unspecified atom stereocenters. The third-order valence-corrected chi connectivity index (χ3v) is 5.08. The molecular weight excluding hydrogens is 356 g/mol. The minimum atomic E-state index is -0.978. The van der Waals surface area contributed by atoms with Gasteiger partial charge in [-0.15, -0.1) is 11.3 Å². The lowest BCUT2D eigenvalue weighted by Crippen LogP contribution is -2.29. The molecule has 0 N–H and O–H groups in total. The normalized spacial score (nSPS) is 12.6. The molecule has 0 saturated heterocycles. The number of carbonyl (C=O) groups excluding carboxylic acids is 1. The van der Waals surface area contributed by atoms with Gasteiger partial charge in [0.15, 0.2) is 17.4 Å². The van der Waals surface area contributed by atoms with E-state index in [4.69, 9.17) is 0 Å². The first-order valence-corrected chi connectivity index (χ1v) is 8.63. The summed E-state index contributed by atoms with van der Waals surface area (Å²) in [5.41, 5.74) is 1.49. The van der Waals surface area contributed by atoms with Crippen molar-refractivity contribution in [2.75, 3.05) is 0 Å². The number of nitrogens with zero attached hydrogens (tertiary/aromatic N) is 1. The molecule has 3 aromatic rings. The van der Waals surface area contributed by atoms with E-state index in [0.717, 1.165) is 29.0 Å². The van der Waals surface area contributed by atoms with Crippen molar-refractivity contribution in [2.45, 2.75) is 6.92 Å². The highest BCUT2D eigenvalue weighted by atomic mass is 32.1. The molecule has 0 saturated carbocycles. The van der Waals surface area contributed by atoms with Gasteiger partial charge in [-0.05, 0) is 36.3 Å². The molecule has 0 spiro atoms. The smallest absolute Gasteiger partial charge is 0.268 e. The van der Waals surface area contributed by atoms with Gasteiger partial charge in [0.2, 0.25) is 0 Å². The van der Waals surface area contributed by atoms with E-state index in [9.17, 15) is 18.4 Å². The highest BCUT2D eigenvalue weighted by Gasteiger charge is 2.08. The average molecular weight is 371 g/mol. The third-order valence-electron chi connectivity index (χ3n) is 3.97. The Bertz CT molecular complexity index is 1180. The van der Waals surface area contributed by atoms with Crippen LogP contribution in [0.15, 0.2) is 47.3 Å². The lowest BCUT2D eigenvalue weighted by atomic mass is 10.1. The Morgan fingerprint density at radius 3 is 2.54 bits per heavy atom. The van der Waals surface area contributed by atoms with Crippen LogP contribution in [-0.2, 0) is 7.05 Å². The number of aryl methyl sites for hydroxylation is 1. The van der Waals surface area contributed by atoms with E-state index in [1.807, 2.05) is 19.1 Å². The van der Waals surface area contributed by atoms with Gasteiger partial charge < -0.3 is 4.57 Å². The van der Waals surface area contributed by atoms with Crippen LogP contribution in [-0.4, -0.2) is 10.4 Å². The molecule has 0 aliphatic rings. The van der Waals surface area contributed by atoms with Crippen molar-refractivity contribution in [3.8, 4) is 0 Å².